The lowest BCUT2D eigenvalue weighted by atomic mass is 9.85. The Hall–Kier alpha value is -3.93. The fraction of sp³-hybridized carbons (Fsp3) is 0.323. The Morgan fingerprint density at radius 2 is 1.73 bits per heavy atom. The van der Waals surface area contributed by atoms with E-state index < -0.39 is 0 Å². The minimum atomic E-state index is -0.288. The third-order valence-electron chi connectivity index (χ3n) is 6.34. The second kappa shape index (κ2) is 11.4. The smallest absolute Gasteiger partial charge is 0.255 e. The maximum Gasteiger partial charge on any atom is 0.255 e. The SMILES string of the molecule is CCCCOc1ccc(C(=O)Nc2cccc(C(=O)CC3=NC(C)(C)Cc4ccc(OC)cc43)c2)cc1. The Balaban J connectivity index is 1.46. The number of carbonyl (C=O) groups excluding carboxylic acids is 2. The van der Waals surface area contributed by atoms with Crippen molar-refractivity contribution < 1.29 is 19.1 Å². The topological polar surface area (TPSA) is 77.0 Å². The number of nitrogens with one attached hydrogen (secondary N) is 1. The number of carbonyl (C=O) groups is 2. The van der Waals surface area contributed by atoms with Gasteiger partial charge < -0.3 is 14.8 Å². The van der Waals surface area contributed by atoms with Crippen LogP contribution in [0.3, 0.4) is 0 Å². The Bertz CT molecular complexity index is 1310. The third-order valence-corrected chi connectivity index (χ3v) is 6.34. The molecule has 37 heavy (non-hydrogen) atoms. The second-order valence-electron chi connectivity index (χ2n) is 9.93. The zero-order valence-corrected chi connectivity index (χ0v) is 22.0. The summed E-state index contributed by atoms with van der Waals surface area (Å²) in [5, 5.41) is 2.89. The molecule has 4 rings (SSSR count). The summed E-state index contributed by atoms with van der Waals surface area (Å²) in [5.74, 6) is 1.17. The molecule has 0 aromatic heterocycles. The van der Waals surface area contributed by atoms with Crippen LogP contribution in [0.15, 0.2) is 71.7 Å². The normalized spacial score (nSPS) is 13.8. The number of ether oxygens (including phenoxy) is 2. The van der Waals surface area contributed by atoms with Crippen molar-refractivity contribution in [1.29, 1.82) is 0 Å². The first-order chi connectivity index (χ1) is 17.8. The molecule has 192 valence electrons. The fourth-order valence-electron chi connectivity index (χ4n) is 4.44. The zero-order valence-electron chi connectivity index (χ0n) is 22.0. The van der Waals surface area contributed by atoms with Crippen molar-refractivity contribution >= 4 is 23.1 Å². The van der Waals surface area contributed by atoms with Gasteiger partial charge in [0.05, 0.1) is 31.4 Å². The van der Waals surface area contributed by atoms with E-state index in [1.807, 2.05) is 12.1 Å². The molecule has 0 fully saturated rings. The van der Waals surface area contributed by atoms with Crippen LogP contribution >= 0.6 is 0 Å². The number of aliphatic imine (C=N–C) groups is 1. The van der Waals surface area contributed by atoms with Crippen molar-refractivity contribution in [3.05, 3.63) is 89.0 Å². The minimum absolute atomic E-state index is 0.0603. The van der Waals surface area contributed by atoms with E-state index in [1.165, 1.54) is 0 Å². The van der Waals surface area contributed by atoms with Gasteiger partial charge in [0.15, 0.2) is 5.78 Å². The van der Waals surface area contributed by atoms with Crippen LogP contribution in [0, 0.1) is 0 Å². The number of nitrogens with zero attached hydrogens (tertiary/aromatic N) is 1. The maximum absolute atomic E-state index is 13.3. The lowest BCUT2D eigenvalue weighted by Gasteiger charge is -2.29. The van der Waals surface area contributed by atoms with Crippen LogP contribution in [0.4, 0.5) is 5.69 Å². The van der Waals surface area contributed by atoms with Crippen LogP contribution in [-0.4, -0.2) is 36.7 Å². The largest absolute Gasteiger partial charge is 0.497 e. The van der Waals surface area contributed by atoms with Gasteiger partial charge in [0.25, 0.3) is 5.91 Å². The molecule has 0 saturated heterocycles. The first kappa shape index (κ1) is 26.1. The van der Waals surface area contributed by atoms with Gasteiger partial charge >= 0.3 is 0 Å². The molecule has 1 aliphatic rings. The first-order valence-corrected chi connectivity index (χ1v) is 12.7. The molecule has 0 spiro atoms. The van der Waals surface area contributed by atoms with E-state index >= 15 is 0 Å². The molecule has 1 amide bonds. The van der Waals surface area contributed by atoms with E-state index in [4.69, 9.17) is 14.5 Å². The van der Waals surface area contributed by atoms with E-state index in [0.29, 0.717) is 23.4 Å². The number of benzene rings is 3. The average molecular weight is 499 g/mol. The molecule has 6 nitrogen and oxygen atoms in total. The highest BCUT2D eigenvalue weighted by Crippen LogP contribution is 2.31. The summed E-state index contributed by atoms with van der Waals surface area (Å²) in [5.41, 5.74) is 4.18. The molecule has 0 saturated carbocycles. The Morgan fingerprint density at radius 3 is 2.46 bits per heavy atom. The van der Waals surface area contributed by atoms with Crippen molar-refractivity contribution in [3.8, 4) is 11.5 Å². The molecule has 1 heterocycles. The van der Waals surface area contributed by atoms with E-state index in [1.54, 1.807) is 55.6 Å². The van der Waals surface area contributed by atoms with Crippen molar-refractivity contribution in [2.45, 2.75) is 52.0 Å². The van der Waals surface area contributed by atoms with Crippen molar-refractivity contribution in [2.75, 3.05) is 19.0 Å². The van der Waals surface area contributed by atoms with Gasteiger partial charge in [-0.05, 0) is 80.8 Å². The summed E-state index contributed by atoms with van der Waals surface area (Å²) in [6.45, 7) is 6.92. The summed E-state index contributed by atoms with van der Waals surface area (Å²) >= 11 is 0. The summed E-state index contributed by atoms with van der Waals surface area (Å²) < 4.78 is 11.1. The Kier molecular flexibility index (Phi) is 8.07. The number of rotatable bonds is 10. The molecule has 1 aliphatic heterocycles. The van der Waals surface area contributed by atoms with Gasteiger partial charge in [-0.2, -0.15) is 0 Å². The second-order valence-corrected chi connectivity index (χ2v) is 9.93. The highest BCUT2D eigenvalue weighted by Gasteiger charge is 2.28. The summed E-state index contributed by atoms with van der Waals surface area (Å²) in [7, 11) is 1.63. The first-order valence-electron chi connectivity index (χ1n) is 12.7. The zero-order chi connectivity index (χ0) is 26.4. The predicted octanol–water partition coefficient (Wildman–Crippen LogP) is 6.52. The molecular formula is C31H34N2O4. The maximum atomic E-state index is 13.3. The van der Waals surface area contributed by atoms with E-state index in [-0.39, 0.29) is 23.7 Å². The molecule has 0 radical (unpaired) electrons. The number of anilines is 1. The number of unbranched alkanes of at least 4 members (excludes halogenated alkanes) is 1. The Labute approximate surface area is 218 Å². The fourth-order valence-corrected chi connectivity index (χ4v) is 4.44. The standard InChI is InChI=1S/C31H34N2O4/c1-5-6-16-37-25-13-10-21(11-14-25)30(35)32-24-9-7-8-22(17-24)29(34)19-28-27-18-26(36-4)15-12-23(27)20-31(2,3)33-28/h7-15,17-18H,5-6,16,19-20H2,1-4H3,(H,32,35). The van der Waals surface area contributed by atoms with E-state index in [0.717, 1.165) is 47.6 Å². The number of Topliss-reactive ketones (excluding diaryl/α,β-unsaturated/α-hetero) is 1. The average Bonchev–Trinajstić information content (AvgIpc) is 2.88. The lowest BCUT2D eigenvalue weighted by molar-refractivity contribution is 0.0996. The highest BCUT2D eigenvalue weighted by molar-refractivity contribution is 6.17. The van der Waals surface area contributed by atoms with Crippen molar-refractivity contribution in [3.63, 3.8) is 0 Å². The number of ketones is 1. The van der Waals surface area contributed by atoms with E-state index in [2.05, 4.69) is 32.2 Å². The van der Waals surface area contributed by atoms with Gasteiger partial charge in [0.1, 0.15) is 11.5 Å². The highest BCUT2D eigenvalue weighted by atomic mass is 16.5. The van der Waals surface area contributed by atoms with Gasteiger partial charge in [-0.15, -0.1) is 0 Å². The summed E-state index contributed by atoms with van der Waals surface area (Å²) in [6, 6.07) is 20.0. The van der Waals surface area contributed by atoms with Gasteiger partial charge in [-0.3, -0.25) is 14.6 Å². The number of amides is 1. The Morgan fingerprint density at radius 1 is 0.973 bits per heavy atom. The molecule has 1 N–H and O–H groups in total. The molecule has 0 bridgehead atoms. The number of fused-ring (bicyclic) bond motifs is 1. The molecule has 3 aromatic rings. The molecule has 3 aromatic carbocycles. The lowest BCUT2D eigenvalue weighted by Crippen LogP contribution is -2.30. The van der Waals surface area contributed by atoms with Gasteiger partial charge in [0.2, 0.25) is 0 Å². The number of hydrogen-bond donors (Lipinski definition) is 1. The monoisotopic (exact) mass is 498 g/mol. The molecule has 0 atom stereocenters. The summed E-state index contributed by atoms with van der Waals surface area (Å²) in [6.07, 6.45) is 3.02. The van der Waals surface area contributed by atoms with Gasteiger partial charge in [-0.25, -0.2) is 0 Å². The van der Waals surface area contributed by atoms with E-state index in [9.17, 15) is 9.59 Å². The summed E-state index contributed by atoms with van der Waals surface area (Å²) in [4.78, 5) is 31.0. The molecular weight excluding hydrogens is 464 g/mol. The van der Waals surface area contributed by atoms with Gasteiger partial charge in [0, 0.05) is 22.4 Å². The van der Waals surface area contributed by atoms with Crippen LogP contribution in [0.5, 0.6) is 11.5 Å². The molecule has 0 unspecified atom stereocenters. The van der Waals surface area contributed by atoms with Gasteiger partial charge in [-0.1, -0.05) is 31.5 Å². The third kappa shape index (κ3) is 6.64. The van der Waals surface area contributed by atoms with Crippen LogP contribution in [0.25, 0.3) is 0 Å². The minimum Gasteiger partial charge on any atom is -0.497 e. The van der Waals surface area contributed by atoms with Crippen LogP contribution in [-0.2, 0) is 6.42 Å². The van der Waals surface area contributed by atoms with Crippen molar-refractivity contribution in [2.24, 2.45) is 4.99 Å². The number of methoxy groups -OCH3 is 1. The van der Waals surface area contributed by atoms with Crippen LogP contribution < -0.4 is 14.8 Å². The molecule has 0 aliphatic carbocycles. The van der Waals surface area contributed by atoms with Crippen LogP contribution in [0.2, 0.25) is 0 Å². The van der Waals surface area contributed by atoms with Crippen LogP contribution in [0.1, 0.15) is 71.9 Å². The predicted molar refractivity (Wildman–Crippen MR) is 148 cm³/mol. The van der Waals surface area contributed by atoms with Crippen molar-refractivity contribution in [1.82, 2.24) is 0 Å². The number of hydrogen-bond acceptors (Lipinski definition) is 5. The molecule has 6 heteroatoms. The quantitative estimate of drug-likeness (QED) is 0.255.